The van der Waals surface area contributed by atoms with Crippen molar-refractivity contribution < 1.29 is 22.6 Å². The van der Waals surface area contributed by atoms with Crippen molar-refractivity contribution in [1.29, 1.82) is 0 Å². The first-order chi connectivity index (χ1) is 8.15. The van der Waals surface area contributed by atoms with Gasteiger partial charge in [-0.15, -0.1) is 10.2 Å². The third kappa shape index (κ3) is 4.17. The molecule has 1 atom stereocenters. The van der Waals surface area contributed by atoms with Gasteiger partial charge in [0.15, 0.2) is 6.04 Å². The van der Waals surface area contributed by atoms with Gasteiger partial charge in [-0.05, 0) is 24.6 Å². The molecule has 0 fully saturated rings. The Kier molecular flexibility index (Phi) is 5.95. The third-order valence-corrected chi connectivity index (χ3v) is 3.26. The van der Waals surface area contributed by atoms with E-state index >= 15 is 0 Å². The molecule has 0 saturated heterocycles. The van der Waals surface area contributed by atoms with Crippen LogP contribution in [0.25, 0.3) is 0 Å². The number of hydrogen-bond acceptors (Lipinski definition) is 4. The second-order valence-electron chi connectivity index (χ2n) is 3.72. The highest BCUT2D eigenvalue weighted by Gasteiger charge is 2.12. The molecule has 0 aliphatic heterocycles. The minimum absolute atomic E-state index is 0. The maximum absolute atomic E-state index is 5.81. The lowest BCUT2D eigenvalue weighted by Crippen LogP contribution is -3.00. The molecular formula is C11H13Cl2N3OS. The van der Waals surface area contributed by atoms with Gasteiger partial charge in [0.1, 0.15) is 0 Å². The first kappa shape index (κ1) is 15.3. The van der Waals surface area contributed by atoms with Crippen molar-refractivity contribution in [3.05, 3.63) is 40.7 Å². The molecule has 0 aliphatic rings. The molecule has 0 saturated carbocycles. The highest BCUT2D eigenvalue weighted by molar-refractivity contribution is 7.98. The number of hydrogen-bond donors (Lipinski definition) is 1. The van der Waals surface area contributed by atoms with Crippen molar-refractivity contribution in [2.45, 2.75) is 23.9 Å². The minimum Gasteiger partial charge on any atom is -1.00 e. The van der Waals surface area contributed by atoms with Crippen molar-refractivity contribution in [3.8, 4) is 0 Å². The van der Waals surface area contributed by atoms with E-state index in [1.165, 1.54) is 17.3 Å². The van der Waals surface area contributed by atoms with Crippen molar-refractivity contribution >= 4 is 23.4 Å². The van der Waals surface area contributed by atoms with E-state index in [1.807, 2.05) is 31.2 Å². The van der Waals surface area contributed by atoms with Crippen LogP contribution in [0.1, 0.15) is 24.4 Å². The van der Waals surface area contributed by atoms with E-state index in [9.17, 15) is 0 Å². The Hall–Kier alpha value is -0.750. The van der Waals surface area contributed by atoms with Gasteiger partial charge in [-0.3, -0.25) is 0 Å². The lowest BCUT2D eigenvalue weighted by atomic mass is 10.2. The SMILES string of the molecule is C[C@H]([NH3+])c1nnc(SCc2ccc(Cl)cc2)o1.[Cl-]. The molecular weight excluding hydrogens is 293 g/mol. The van der Waals surface area contributed by atoms with Crippen LogP contribution in [0, 0.1) is 0 Å². The van der Waals surface area contributed by atoms with Gasteiger partial charge in [-0.25, -0.2) is 0 Å². The number of benzene rings is 1. The first-order valence-electron chi connectivity index (χ1n) is 5.19. The Balaban J connectivity index is 0.00000162. The molecule has 0 aliphatic carbocycles. The van der Waals surface area contributed by atoms with Crippen molar-refractivity contribution in [2.24, 2.45) is 0 Å². The average Bonchev–Trinajstić information content (AvgIpc) is 2.77. The van der Waals surface area contributed by atoms with Crippen molar-refractivity contribution in [2.75, 3.05) is 0 Å². The van der Waals surface area contributed by atoms with E-state index in [-0.39, 0.29) is 18.4 Å². The molecule has 18 heavy (non-hydrogen) atoms. The Bertz CT molecular complexity index is 487. The highest BCUT2D eigenvalue weighted by Crippen LogP contribution is 2.23. The van der Waals surface area contributed by atoms with Gasteiger partial charge in [-0.1, -0.05) is 35.5 Å². The van der Waals surface area contributed by atoms with Crippen LogP contribution in [0.5, 0.6) is 0 Å². The number of rotatable bonds is 4. The van der Waals surface area contributed by atoms with Gasteiger partial charge in [0.05, 0.1) is 0 Å². The number of quaternary nitrogens is 1. The summed E-state index contributed by atoms with van der Waals surface area (Å²) < 4.78 is 5.44. The molecule has 1 aromatic heterocycles. The number of nitrogens with zero attached hydrogens (tertiary/aromatic N) is 2. The highest BCUT2D eigenvalue weighted by atomic mass is 35.5. The van der Waals surface area contributed by atoms with E-state index in [0.717, 1.165) is 10.8 Å². The van der Waals surface area contributed by atoms with E-state index < -0.39 is 0 Å². The van der Waals surface area contributed by atoms with Crippen LogP contribution < -0.4 is 18.1 Å². The fourth-order valence-electron chi connectivity index (χ4n) is 1.20. The maximum atomic E-state index is 5.81. The monoisotopic (exact) mass is 305 g/mol. The topological polar surface area (TPSA) is 66.6 Å². The lowest BCUT2D eigenvalue weighted by Gasteiger charge is -1.98. The molecule has 0 bridgehead atoms. The van der Waals surface area contributed by atoms with Gasteiger partial charge in [-0.2, -0.15) is 0 Å². The quantitative estimate of drug-likeness (QED) is 0.760. The lowest BCUT2D eigenvalue weighted by molar-refractivity contribution is -0.425. The van der Waals surface area contributed by atoms with Crippen LogP contribution in [0.3, 0.4) is 0 Å². The van der Waals surface area contributed by atoms with E-state index in [0.29, 0.717) is 11.1 Å². The summed E-state index contributed by atoms with van der Waals surface area (Å²) in [6.07, 6.45) is 0. The molecule has 2 aromatic rings. The molecule has 2 rings (SSSR count). The average molecular weight is 306 g/mol. The molecule has 4 nitrogen and oxygen atoms in total. The predicted octanol–water partition coefficient (Wildman–Crippen LogP) is -0.678. The summed E-state index contributed by atoms with van der Waals surface area (Å²) >= 11 is 7.32. The summed E-state index contributed by atoms with van der Waals surface area (Å²) in [5.74, 6) is 1.35. The second-order valence-corrected chi connectivity index (χ2v) is 5.09. The Labute approximate surface area is 121 Å². The molecule has 98 valence electrons. The molecule has 0 spiro atoms. The summed E-state index contributed by atoms with van der Waals surface area (Å²) in [6, 6.07) is 7.73. The summed E-state index contributed by atoms with van der Waals surface area (Å²) in [7, 11) is 0. The van der Waals surface area contributed by atoms with Crippen molar-refractivity contribution in [3.63, 3.8) is 0 Å². The largest absolute Gasteiger partial charge is 1.00 e. The maximum Gasteiger partial charge on any atom is 0.277 e. The van der Waals surface area contributed by atoms with E-state index in [2.05, 4.69) is 15.9 Å². The zero-order chi connectivity index (χ0) is 12.3. The standard InChI is InChI=1S/C11H12ClN3OS.ClH/c1-7(13)10-14-15-11(16-10)17-6-8-2-4-9(12)5-3-8;/h2-5,7H,6,13H2,1H3;1H/t7-;/m0./s1. The van der Waals surface area contributed by atoms with Gasteiger partial charge >= 0.3 is 0 Å². The Morgan fingerprint density at radius 2 is 2.00 bits per heavy atom. The second kappa shape index (κ2) is 6.99. The number of aromatic nitrogens is 2. The van der Waals surface area contributed by atoms with Gasteiger partial charge in [0, 0.05) is 10.8 Å². The van der Waals surface area contributed by atoms with Crippen LogP contribution in [0.2, 0.25) is 5.02 Å². The van der Waals surface area contributed by atoms with Crippen LogP contribution in [-0.2, 0) is 5.75 Å². The normalized spacial score (nSPS) is 11.9. The summed E-state index contributed by atoms with van der Waals surface area (Å²) in [6.45, 7) is 1.92. The summed E-state index contributed by atoms with van der Waals surface area (Å²) in [5.41, 5.74) is 5.00. The molecule has 7 heteroatoms. The van der Waals surface area contributed by atoms with Gasteiger partial charge in [0.2, 0.25) is 0 Å². The third-order valence-electron chi connectivity index (χ3n) is 2.12. The van der Waals surface area contributed by atoms with Crippen LogP contribution >= 0.6 is 23.4 Å². The van der Waals surface area contributed by atoms with E-state index in [1.54, 1.807) is 0 Å². The number of thioether (sulfide) groups is 1. The van der Waals surface area contributed by atoms with E-state index in [4.69, 9.17) is 16.0 Å². The zero-order valence-electron chi connectivity index (χ0n) is 9.77. The first-order valence-corrected chi connectivity index (χ1v) is 6.55. The Morgan fingerprint density at radius 1 is 1.33 bits per heavy atom. The van der Waals surface area contributed by atoms with Crippen molar-refractivity contribution in [1.82, 2.24) is 10.2 Å². The smallest absolute Gasteiger partial charge is 0.277 e. The van der Waals surface area contributed by atoms with Gasteiger partial charge in [0.25, 0.3) is 11.1 Å². The molecule has 0 unspecified atom stereocenters. The fraction of sp³-hybridized carbons (Fsp3) is 0.273. The minimum atomic E-state index is 0. The Morgan fingerprint density at radius 3 is 2.56 bits per heavy atom. The van der Waals surface area contributed by atoms with Crippen LogP contribution in [0.4, 0.5) is 0 Å². The fourth-order valence-corrected chi connectivity index (χ4v) is 2.06. The number of halogens is 2. The molecule has 1 heterocycles. The molecule has 0 amide bonds. The molecule has 1 aromatic carbocycles. The molecule has 0 radical (unpaired) electrons. The summed E-state index contributed by atoms with van der Waals surface area (Å²) in [5, 5.41) is 9.19. The predicted molar refractivity (Wildman–Crippen MR) is 66.6 cm³/mol. The van der Waals surface area contributed by atoms with Gasteiger partial charge < -0.3 is 22.6 Å². The summed E-state index contributed by atoms with van der Waals surface area (Å²) in [4.78, 5) is 0. The van der Waals surface area contributed by atoms with Crippen LogP contribution in [-0.4, -0.2) is 10.2 Å². The molecule has 3 N–H and O–H groups in total. The zero-order valence-corrected chi connectivity index (χ0v) is 12.1. The van der Waals surface area contributed by atoms with Crippen LogP contribution in [0.15, 0.2) is 33.9 Å².